The van der Waals surface area contributed by atoms with E-state index < -0.39 is 12.0 Å². The molecule has 0 fully saturated rings. The van der Waals surface area contributed by atoms with Gasteiger partial charge in [0.2, 0.25) is 17.7 Å². The molecule has 0 saturated carbocycles. The molecular weight excluding hydrogens is 460 g/mol. The number of hydrogen-bond donors (Lipinski definition) is 5. The second-order valence-corrected chi connectivity index (χ2v) is 8.38. The van der Waals surface area contributed by atoms with Crippen LogP contribution in [0.1, 0.15) is 59.3 Å². The number of ether oxygens (including phenoxy) is 2. The average Bonchev–Trinajstić information content (AvgIpc) is 2.78. The second kappa shape index (κ2) is 20.8. The molecule has 0 aliphatic heterocycles. The maximum atomic E-state index is 12.0. The van der Waals surface area contributed by atoms with E-state index in [1.807, 2.05) is 13.8 Å². The van der Waals surface area contributed by atoms with Gasteiger partial charge in [0, 0.05) is 38.4 Å². The summed E-state index contributed by atoms with van der Waals surface area (Å²) in [6, 6.07) is -0.811. The number of amides is 3. The molecule has 0 bridgehead atoms. The Hall–Kier alpha value is -2.57. The zero-order chi connectivity index (χ0) is 26.5. The fourth-order valence-electron chi connectivity index (χ4n) is 2.79. The first-order valence-corrected chi connectivity index (χ1v) is 12.1. The molecule has 0 spiro atoms. The van der Waals surface area contributed by atoms with Crippen molar-refractivity contribution in [1.29, 1.82) is 0 Å². The van der Waals surface area contributed by atoms with Crippen molar-refractivity contribution in [3.05, 3.63) is 0 Å². The third kappa shape index (κ3) is 21.7. The quantitative estimate of drug-likeness (QED) is 0.125. The van der Waals surface area contributed by atoms with Crippen molar-refractivity contribution in [2.75, 3.05) is 46.1 Å². The first kappa shape index (κ1) is 32.4. The number of carboxylic acids is 1. The van der Waals surface area contributed by atoms with Crippen LogP contribution in [-0.2, 0) is 33.4 Å². The van der Waals surface area contributed by atoms with Crippen LogP contribution in [0.15, 0.2) is 0 Å². The predicted molar refractivity (Wildman–Crippen MR) is 129 cm³/mol. The lowest BCUT2D eigenvalue weighted by Crippen LogP contribution is -2.41. The van der Waals surface area contributed by atoms with Gasteiger partial charge < -0.3 is 35.8 Å². The molecule has 0 radical (unpaired) electrons. The van der Waals surface area contributed by atoms with E-state index in [1.165, 1.54) is 6.92 Å². The maximum absolute atomic E-state index is 12.0. The summed E-state index contributed by atoms with van der Waals surface area (Å²) >= 11 is 0. The van der Waals surface area contributed by atoms with Gasteiger partial charge in [0.25, 0.3) is 0 Å². The molecule has 0 heterocycles. The molecule has 12 nitrogen and oxygen atoms in total. The summed E-state index contributed by atoms with van der Waals surface area (Å²) in [6.45, 7) is 7.74. The van der Waals surface area contributed by atoms with E-state index in [0.29, 0.717) is 51.8 Å². The minimum atomic E-state index is -1.18. The fraction of sp³-hybridized carbons (Fsp3) is 0.783. The summed E-state index contributed by atoms with van der Waals surface area (Å²) in [5.74, 6) is -2.11. The van der Waals surface area contributed by atoms with Gasteiger partial charge >= 0.3 is 5.97 Å². The number of rotatable bonds is 22. The normalized spacial score (nSPS) is 11.7. The Kier molecular flexibility index (Phi) is 19.2. The van der Waals surface area contributed by atoms with Crippen LogP contribution in [0, 0.1) is 0 Å². The minimum Gasteiger partial charge on any atom is -0.480 e. The number of hydrogen-bond acceptors (Lipinski definition) is 8. The van der Waals surface area contributed by atoms with Gasteiger partial charge in [0.1, 0.15) is 12.6 Å². The Bertz CT molecular complexity index is 657. The fourth-order valence-corrected chi connectivity index (χ4v) is 2.79. The molecular formula is C23H42N4O8. The molecule has 5 N–H and O–H groups in total. The van der Waals surface area contributed by atoms with E-state index in [-0.39, 0.29) is 62.3 Å². The first-order chi connectivity index (χ1) is 16.6. The number of carboxylic acid groups (broad SMARTS) is 1. The van der Waals surface area contributed by atoms with Gasteiger partial charge in [0.15, 0.2) is 5.78 Å². The summed E-state index contributed by atoms with van der Waals surface area (Å²) in [6.07, 6.45) is 1.39. The van der Waals surface area contributed by atoms with Crippen LogP contribution in [0.4, 0.5) is 0 Å². The van der Waals surface area contributed by atoms with Gasteiger partial charge in [-0.3, -0.25) is 19.2 Å². The zero-order valence-electron chi connectivity index (χ0n) is 21.2. The number of carbonyl (C=O) groups is 5. The highest BCUT2D eigenvalue weighted by molar-refractivity contribution is 5.84. The van der Waals surface area contributed by atoms with Crippen LogP contribution in [-0.4, -0.2) is 92.7 Å². The highest BCUT2D eigenvalue weighted by Gasteiger charge is 2.20. The zero-order valence-corrected chi connectivity index (χ0v) is 21.2. The number of nitrogens with one attached hydrogen (secondary N) is 4. The van der Waals surface area contributed by atoms with E-state index in [9.17, 15) is 29.1 Å². The molecule has 0 aliphatic carbocycles. The SMILES string of the molecule is CC(=O)COCCOCCNC(=O)CCCNC(=O)CCC(NC(=O)CCCNC(C)C)C(=O)O. The molecule has 0 aliphatic rings. The second-order valence-electron chi connectivity index (χ2n) is 8.38. The standard InChI is InChI=1S/C23H42N4O8/c1-17(2)24-10-5-7-22(31)27-19(23(32)33)8-9-21(30)25-11-4-6-20(29)26-12-13-34-14-15-35-16-18(3)28/h17,19,24H,4-16H2,1-3H3,(H,25,30)(H,26,29)(H,27,31)(H,32,33). The Morgan fingerprint density at radius 1 is 0.771 bits per heavy atom. The Labute approximate surface area is 207 Å². The van der Waals surface area contributed by atoms with Crippen molar-refractivity contribution in [2.45, 2.75) is 71.4 Å². The van der Waals surface area contributed by atoms with Gasteiger partial charge in [-0.1, -0.05) is 13.8 Å². The Balaban J connectivity index is 3.84. The first-order valence-electron chi connectivity index (χ1n) is 12.1. The van der Waals surface area contributed by atoms with E-state index in [2.05, 4.69) is 21.3 Å². The number of carbonyl (C=O) groups excluding carboxylic acids is 4. The summed E-state index contributed by atoms with van der Waals surface area (Å²) in [4.78, 5) is 57.7. The van der Waals surface area contributed by atoms with Crippen LogP contribution < -0.4 is 21.3 Å². The molecule has 1 atom stereocenters. The largest absolute Gasteiger partial charge is 0.480 e. The molecule has 0 aromatic carbocycles. The third-order valence-corrected chi connectivity index (χ3v) is 4.58. The molecule has 202 valence electrons. The van der Waals surface area contributed by atoms with Crippen molar-refractivity contribution in [1.82, 2.24) is 21.3 Å². The van der Waals surface area contributed by atoms with Crippen LogP contribution in [0.25, 0.3) is 0 Å². The molecule has 0 saturated heterocycles. The number of Topliss-reactive ketones (excluding diaryl/α,β-unsaturated/α-hetero) is 1. The van der Waals surface area contributed by atoms with Gasteiger partial charge in [-0.15, -0.1) is 0 Å². The van der Waals surface area contributed by atoms with Crippen molar-refractivity contribution in [2.24, 2.45) is 0 Å². The summed E-state index contributed by atoms with van der Waals surface area (Å²) in [5, 5.41) is 20.3. The average molecular weight is 503 g/mol. The Morgan fingerprint density at radius 3 is 2.03 bits per heavy atom. The highest BCUT2D eigenvalue weighted by atomic mass is 16.5. The maximum Gasteiger partial charge on any atom is 0.326 e. The topological polar surface area (TPSA) is 172 Å². The van der Waals surface area contributed by atoms with Crippen molar-refractivity contribution in [3.63, 3.8) is 0 Å². The molecule has 1 unspecified atom stereocenters. The van der Waals surface area contributed by atoms with E-state index in [1.54, 1.807) is 0 Å². The van der Waals surface area contributed by atoms with E-state index in [0.717, 1.165) is 0 Å². The van der Waals surface area contributed by atoms with Crippen molar-refractivity contribution in [3.8, 4) is 0 Å². The van der Waals surface area contributed by atoms with Gasteiger partial charge in [-0.05, 0) is 32.7 Å². The Morgan fingerprint density at radius 2 is 1.37 bits per heavy atom. The number of ketones is 1. The van der Waals surface area contributed by atoms with Crippen molar-refractivity contribution >= 4 is 29.5 Å². The van der Waals surface area contributed by atoms with Gasteiger partial charge in [0.05, 0.1) is 19.8 Å². The van der Waals surface area contributed by atoms with Gasteiger partial charge in [-0.2, -0.15) is 0 Å². The highest BCUT2D eigenvalue weighted by Crippen LogP contribution is 2.00. The van der Waals surface area contributed by atoms with Gasteiger partial charge in [-0.25, -0.2) is 4.79 Å². The summed E-state index contributed by atoms with van der Waals surface area (Å²) in [7, 11) is 0. The van der Waals surface area contributed by atoms with E-state index >= 15 is 0 Å². The third-order valence-electron chi connectivity index (χ3n) is 4.58. The predicted octanol–water partition coefficient (Wildman–Crippen LogP) is -0.251. The minimum absolute atomic E-state index is 0.0164. The van der Waals surface area contributed by atoms with Crippen LogP contribution >= 0.6 is 0 Å². The monoisotopic (exact) mass is 502 g/mol. The molecule has 0 aromatic rings. The van der Waals surface area contributed by atoms with E-state index in [4.69, 9.17) is 9.47 Å². The van der Waals surface area contributed by atoms with Crippen LogP contribution in [0.5, 0.6) is 0 Å². The lowest BCUT2D eigenvalue weighted by Gasteiger charge is -2.15. The summed E-state index contributed by atoms with van der Waals surface area (Å²) < 4.78 is 10.3. The summed E-state index contributed by atoms with van der Waals surface area (Å²) in [5.41, 5.74) is 0. The molecule has 12 heteroatoms. The number of aliphatic carboxylic acids is 1. The molecule has 3 amide bonds. The van der Waals surface area contributed by atoms with Crippen molar-refractivity contribution < 1.29 is 38.6 Å². The lowest BCUT2D eigenvalue weighted by atomic mass is 10.1. The smallest absolute Gasteiger partial charge is 0.326 e. The molecule has 0 aromatic heterocycles. The molecule has 35 heavy (non-hydrogen) atoms. The van der Waals surface area contributed by atoms with Crippen LogP contribution in [0.2, 0.25) is 0 Å². The molecule has 0 rings (SSSR count). The lowest BCUT2D eigenvalue weighted by molar-refractivity contribution is -0.142. The van der Waals surface area contributed by atoms with Crippen LogP contribution in [0.3, 0.4) is 0 Å².